The summed E-state index contributed by atoms with van der Waals surface area (Å²) in [6.07, 6.45) is 0. The highest BCUT2D eigenvalue weighted by Gasteiger charge is 2.15. The van der Waals surface area contributed by atoms with Gasteiger partial charge in [0, 0.05) is 6.54 Å². The van der Waals surface area contributed by atoms with E-state index in [1.54, 1.807) is 12.1 Å². The van der Waals surface area contributed by atoms with Crippen LogP contribution in [-0.4, -0.2) is 27.9 Å². The van der Waals surface area contributed by atoms with Crippen LogP contribution < -0.4 is 5.32 Å². The third-order valence-electron chi connectivity index (χ3n) is 1.96. The van der Waals surface area contributed by atoms with Crippen LogP contribution in [0.2, 0.25) is 5.15 Å². The lowest BCUT2D eigenvalue weighted by Gasteiger charge is -2.12. The summed E-state index contributed by atoms with van der Waals surface area (Å²) in [6.45, 7) is 6.65. The van der Waals surface area contributed by atoms with E-state index in [1.165, 1.54) is 11.8 Å². The molecule has 0 aromatic carbocycles. The van der Waals surface area contributed by atoms with Gasteiger partial charge in [-0.2, -0.15) is 0 Å². The lowest BCUT2D eigenvalue weighted by Crippen LogP contribution is -2.33. The van der Waals surface area contributed by atoms with Crippen LogP contribution in [-0.2, 0) is 4.79 Å². The van der Waals surface area contributed by atoms with E-state index in [-0.39, 0.29) is 11.2 Å². The number of rotatable bonds is 5. The van der Waals surface area contributed by atoms with Crippen molar-refractivity contribution in [2.45, 2.75) is 31.0 Å². The Bertz CT molecular complexity index is 369. The Kier molecular flexibility index (Phi) is 5.71. The molecule has 1 atom stereocenters. The molecule has 1 rings (SSSR count). The number of halogens is 1. The van der Waals surface area contributed by atoms with E-state index in [0.29, 0.717) is 22.6 Å². The maximum atomic E-state index is 11.7. The first-order valence-electron chi connectivity index (χ1n) is 5.42. The zero-order chi connectivity index (χ0) is 12.8. The van der Waals surface area contributed by atoms with Crippen LogP contribution in [0, 0.1) is 5.92 Å². The molecule has 1 amide bonds. The molecule has 6 heteroatoms. The number of carbonyl (C=O) groups excluding carboxylic acids is 1. The molecule has 0 saturated carbocycles. The summed E-state index contributed by atoms with van der Waals surface area (Å²) in [5, 5.41) is 11.4. The van der Waals surface area contributed by atoms with Gasteiger partial charge in [-0.3, -0.25) is 4.79 Å². The second kappa shape index (κ2) is 6.81. The Morgan fingerprint density at radius 1 is 1.41 bits per heavy atom. The first-order chi connectivity index (χ1) is 7.99. The fourth-order valence-corrected chi connectivity index (χ4v) is 1.94. The second-order valence-corrected chi connectivity index (χ2v) is 5.84. The van der Waals surface area contributed by atoms with Crippen molar-refractivity contribution in [3.05, 3.63) is 17.3 Å². The molecular formula is C11H16ClN3OS. The molecule has 4 nitrogen and oxygen atoms in total. The number of hydrogen-bond donors (Lipinski definition) is 1. The molecule has 0 fully saturated rings. The van der Waals surface area contributed by atoms with E-state index < -0.39 is 0 Å². The zero-order valence-electron chi connectivity index (χ0n) is 10.1. The van der Waals surface area contributed by atoms with Crippen molar-refractivity contribution in [2.24, 2.45) is 5.92 Å². The van der Waals surface area contributed by atoms with E-state index in [9.17, 15) is 4.79 Å². The van der Waals surface area contributed by atoms with E-state index >= 15 is 0 Å². The molecule has 1 aromatic heterocycles. The normalized spacial score (nSPS) is 12.5. The quantitative estimate of drug-likeness (QED) is 0.837. The average Bonchev–Trinajstić information content (AvgIpc) is 2.28. The minimum atomic E-state index is -0.191. The van der Waals surface area contributed by atoms with E-state index in [2.05, 4.69) is 29.4 Å². The first-order valence-corrected chi connectivity index (χ1v) is 6.68. The monoisotopic (exact) mass is 273 g/mol. The molecule has 1 N–H and O–H groups in total. The summed E-state index contributed by atoms with van der Waals surface area (Å²) in [5.41, 5.74) is 0. The Morgan fingerprint density at radius 3 is 2.65 bits per heavy atom. The summed E-state index contributed by atoms with van der Waals surface area (Å²) in [6, 6.07) is 3.42. The zero-order valence-corrected chi connectivity index (χ0v) is 11.7. The average molecular weight is 274 g/mol. The SMILES string of the molecule is CC(C)CNC(=O)[C@@H](C)Sc1ccc(Cl)nn1. The molecule has 94 valence electrons. The molecule has 0 unspecified atom stereocenters. The molecule has 1 heterocycles. The van der Waals surface area contributed by atoms with Crippen molar-refractivity contribution in [1.82, 2.24) is 15.5 Å². The summed E-state index contributed by atoms with van der Waals surface area (Å²) in [7, 11) is 0. The summed E-state index contributed by atoms with van der Waals surface area (Å²) < 4.78 is 0. The molecule has 0 aliphatic rings. The van der Waals surface area contributed by atoms with Crippen LogP contribution in [0.4, 0.5) is 0 Å². The van der Waals surface area contributed by atoms with Crippen LogP contribution in [0.25, 0.3) is 0 Å². The molecule has 1 aromatic rings. The lowest BCUT2D eigenvalue weighted by atomic mass is 10.2. The van der Waals surface area contributed by atoms with E-state index in [0.717, 1.165) is 0 Å². The standard InChI is InChI=1S/C11H16ClN3OS/c1-7(2)6-13-11(16)8(3)17-10-5-4-9(12)14-15-10/h4-5,7-8H,6H2,1-3H3,(H,13,16)/t8-/m1/s1. The predicted octanol–water partition coefficient (Wildman–Crippen LogP) is 2.38. The van der Waals surface area contributed by atoms with Gasteiger partial charge in [0.2, 0.25) is 5.91 Å². The Labute approximate surface area is 111 Å². The third-order valence-corrected chi connectivity index (χ3v) is 3.19. The highest BCUT2D eigenvalue weighted by molar-refractivity contribution is 8.00. The van der Waals surface area contributed by atoms with Crippen LogP contribution in [0.5, 0.6) is 0 Å². The minimum absolute atomic E-state index is 0.0143. The number of thioether (sulfide) groups is 1. The predicted molar refractivity (Wildman–Crippen MR) is 70.2 cm³/mol. The molecule has 0 radical (unpaired) electrons. The molecule has 17 heavy (non-hydrogen) atoms. The van der Waals surface area contributed by atoms with Gasteiger partial charge in [0.25, 0.3) is 0 Å². The van der Waals surface area contributed by atoms with E-state index in [1.807, 2.05) is 6.92 Å². The van der Waals surface area contributed by atoms with Gasteiger partial charge in [-0.25, -0.2) is 0 Å². The van der Waals surface area contributed by atoms with Crippen LogP contribution in [0.3, 0.4) is 0 Å². The van der Waals surface area contributed by atoms with Crippen molar-refractivity contribution in [2.75, 3.05) is 6.54 Å². The fourth-order valence-electron chi connectivity index (χ4n) is 1.05. The number of nitrogens with one attached hydrogen (secondary N) is 1. The maximum Gasteiger partial charge on any atom is 0.233 e. The molecular weight excluding hydrogens is 258 g/mol. The third kappa shape index (κ3) is 5.37. The number of aromatic nitrogens is 2. The molecule has 0 bridgehead atoms. The van der Waals surface area contributed by atoms with Gasteiger partial charge in [-0.1, -0.05) is 37.2 Å². The molecule has 0 aliphatic heterocycles. The largest absolute Gasteiger partial charge is 0.355 e. The topological polar surface area (TPSA) is 54.9 Å². The van der Waals surface area contributed by atoms with Gasteiger partial charge in [-0.15, -0.1) is 10.2 Å². The summed E-state index contributed by atoms with van der Waals surface area (Å²) >= 11 is 7.00. The van der Waals surface area contributed by atoms with Gasteiger partial charge in [0.1, 0.15) is 5.03 Å². The van der Waals surface area contributed by atoms with Gasteiger partial charge in [0.05, 0.1) is 5.25 Å². The molecule has 0 aliphatic carbocycles. The molecule has 0 spiro atoms. The summed E-state index contributed by atoms with van der Waals surface area (Å²) in [5.74, 6) is 0.465. The highest BCUT2D eigenvalue weighted by Crippen LogP contribution is 2.21. The highest BCUT2D eigenvalue weighted by atomic mass is 35.5. The van der Waals surface area contributed by atoms with Crippen LogP contribution in [0.1, 0.15) is 20.8 Å². The van der Waals surface area contributed by atoms with E-state index in [4.69, 9.17) is 11.6 Å². The maximum absolute atomic E-state index is 11.7. The number of carbonyl (C=O) groups is 1. The number of amides is 1. The van der Waals surface area contributed by atoms with Gasteiger partial charge in [0.15, 0.2) is 5.15 Å². The van der Waals surface area contributed by atoms with Crippen molar-refractivity contribution < 1.29 is 4.79 Å². The van der Waals surface area contributed by atoms with Gasteiger partial charge >= 0.3 is 0 Å². The Balaban J connectivity index is 2.45. The number of hydrogen-bond acceptors (Lipinski definition) is 4. The van der Waals surface area contributed by atoms with Crippen molar-refractivity contribution in [1.29, 1.82) is 0 Å². The first kappa shape index (κ1) is 14.3. The lowest BCUT2D eigenvalue weighted by molar-refractivity contribution is -0.120. The fraction of sp³-hybridized carbons (Fsp3) is 0.545. The van der Waals surface area contributed by atoms with Crippen LogP contribution >= 0.6 is 23.4 Å². The van der Waals surface area contributed by atoms with Crippen molar-refractivity contribution >= 4 is 29.3 Å². The Morgan fingerprint density at radius 2 is 2.12 bits per heavy atom. The summed E-state index contributed by atoms with van der Waals surface area (Å²) in [4.78, 5) is 11.7. The minimum Gasteiger partial charge on any atom is -0.355 e. The second-order valence-electron chi connectivity index (χ2n) is 4.09. The van der Waals surface area contributed by atoms with Crippen LogP contribution in [0.15, 0.2) is 17.2 Å². The van der Waals surface area contributed by atoms with Gasteiger partial charge < -0.3 is 5.32 Å². The Hall–Kier alpha value is -0.810. The number of nitrogens with zero attached hydrogens (tertiary/aromatic N) is 2. The van der Waals surface area contributed by atoms with Crippen molar-refractivity contribution in [3.8, 4) is 0 Å². The smallest absolute Gasteiger partial charge is 0.233 e. The van der Waals surface area contributed by atoms with Crippen molar-refractivity contribution in [3.63, 3.8) is 0 Å². The van der Waals surface area contributed by atoms with Gasteiger partial charge in [-0.05, 0) is 25.0 Å². The molecule has 0 saturated heterocycles.